The van der Waals surface area contributed by atoms with Crippen molar-refractivity contribution in [2.24, 2.45) is 0 Å². The van der Waals surface area contributed by atoms with Gasteiger partial charge in [0.1, 0.15) is 5.69 Å². The third-order valence-electron chi connectivity index (χ3n) is 2.28. The fourth-order valence-corrected chi connectivity index (χ4v) is 1.43. The summed E-state index contributed by atoms with van der Waals surface area (Å²) in [5.41, 5.74) is -0.265. The van der Waals surface area contributed by atoms with Crippen LogP contribution in [0.2, 0.25) is 0 Å². The van der Waals surface area contributed by atoms with E-state index in [0.29, 0.717) is 12.3 Å². The molecule has 2 rings (SSSR count). The van der Waals surface area contributed by atoms with E-state index in [-0.39, 0.29) is 17.8 Å². The number of carboxylic acids is 1. The second-order valence-electron chi connectivity index (χ2n) is 3.55. The number of rotatable bonds is 5. The highest BCUT2D eigenvalue weighted by atomic mass is 16.5. The highest BCUT2D eigenvalue weighted by Crippen LogP contribution is 2.05. The SMILES string of the molecule is O=C(O)c1cccnc1C(=O)NCCc1ncno1. The van der Waals surface area contributed by atoms with Crippen molar-refractivity contribution < 1.29 is 19.2 Å². The van der Waals surface area contributed by atoms with Crippen molar-refractivity contribution in [3.05, 3.63) is 41.8 Å². The topological polar surface area (TPSA) is 118 Å². The molecule has 0 aromatic carbocycles. The third kappa shape index (κ3) is 3.12. The number of nitrogens with one attached hydrogen (secondary N) is 1. The number of carbonyl (C=O) groups is 2. The molecule has 8 nitrogen and oxygen atoms in total. The van der Waals surface area contributed by atoms with Gasteiger partial charge >= 0.3 is 5.97 Å². The van der Waals surface area contributed by atoms with Crippen molar-refractivity contribution in [2.45, 2.75) is 6.42 Å². The molecule has 0 aliphatic heterocycles. The Morgan fingerprint density at radius 3 is 2.89 bits per heavy atom. The van der Waals surface area contributed by atoms with E-state index in [1.807, 2.05) is 0 Å². The third-order valence-corrected chi connectivity index (χ3v) is 2.28. The van der Waals surface area contributed by atoms with Crippen LogP contribution in [0.1, 0.15) is 26.7 Å². The molecule has 2 N–H and O–H groups in total. The summed E-state index contributed by atoms with van der Waals surface area (Å²) in [6, 6.07) is 2.78. The van der Waals surface area contributed by atoms with Gasteiger partial charge in [-0.05, 0) is 12.1 Å². The van der Waals surface area contributed by atoms with Gasteiger partial charge < -0.3 is 14.9 Å². The first-order valence-electron chi connectivity index (χ1n) is 5.40. The quantitative estimate of drug-likeness (QED) is 0.786. The normalized spacial score (nSPS) is 10.1. The number of hydrogen-bond acceptors (Lipinski definition) is 6. The van der Waals surface area contributed by atoms with Gasteiger partial charge in [-0.25, -0.2) is 4.79 Å². The Hall–Kier alpha value is -2.77. The van der Waals surface area contributed by atoms with Crippen molar-refractivity contribution in [1.29, 1.82) is 0 Å². The molecule has 98 valence electrons. The van der Waals surface area contributed by atoms with Crippen LogP contribution in [-0.4, -0.2) is 38.7 Å². The number of aromatic nitrogens is 3. The van der Waals surface area contributed by atoms with Crippen LogP contribution >= 0.6 is 0 Å². The molecule has 0 aliphatic carbocycles. The average Bonchev–Trinajstić information content (AvgIpc) is 2.91. The molecule has 0 atom stereocenters. The van der Waals surface area contributed by atoms with E-state index in [1.165, 1.54) is 24.7 Å². The van der Waals surface area contributed by atoms with Crippen LogP contribution in [0.4, 0.5) is 0 Å². The zero-order valence-electron chi connectivity index (χ0n) is 9.74. The molecule has 1 amide bonds. The highest BCUT2D eigenvalue weighted by molar-refractivity contribution is 6.03. The summed E-state index contributed by atoms with van der Waals surface area (Å²) in [4.78, 5) is 30.3. The van der Waals surface area contributed by atoms with Crippen LogP contribution in [-0.2, 0) is 6.42 Å². The van der Waals surface area contributed by atoms with Crippen LogP contribution in [0, 0.1) is 0 Å². The van der Waals surface area contributed by atoms with Gasteiger partial charge in [0.2, 0.25) is 5.89 Å². The number of nitrogens with zero attached hydrogens (tertiary/aromatic N) is 3. The highest BCUT2D eigenvalue weighted by Gasteiger charge is 2.17. The van der Waals surface area contributed by atoms with Crippen molar-refractivity contribution in [1.82, 2.24) is 20.4 Å². The van der Waals surface area contributed by atoms with E-state index in [9.17, 15) is 9.59 Å². The van der Waals surface area contributed by atoms with E-state index in [1.54, 1.807) is 0 Å². The van der Waals surface area contributed by atoms with Crippen LogP contribution in [0.5, 0.6) is 0 Å². The second-order valence-corrected chi connectivity index (χ2v) is 3.55. The first kappa shape index (κ1) is 12.7. The zero-order valence-corrected chi connectivity index (χ0v) is 9.74. The van der Waals surface area contributed by atoms with Crippen LogP contribution < -0.4 is 5.32 Å². The summed E-state index contributed by atoms with van der Waals surface area (Å²) in [6.45, 7) is 0.247. The Kier molecular flexibility index (Phi) is 3.81. The molecule has 0 radical (unpaired) electrons. The van der Waals surface area contributed by atoms with E-state index < -0.39 is 11.9 Å². The maximum atomic E-state index is 11.8. The average molecular weight is 262 g/mol. The maximum Gasteiger partial charge on any atom is 0.338 e. The predicted octanol–water partition coefficient (Wildman–Crippen LogP) is 0.135. The molecule has 19 heavy (non-hydrogen) atoms. The predicted molar refractivity (Wildman–Crippen MR) is 61.5 cm³/mol. The Morgan fingerprint density at radius 1 is 1.37 bits per heavy atom. The molecule has 0 unspecified atom stereocenters. The molecule has 8 heteroatoms. The van der Waals surface area contributed by atoms with Crippen LogP contribution in [0.3, 0.4) is 0 Å². The van der Waals surface area contributed by atoms with Crippen molar-refractivity contribution in [3.63, 3.8) is 0 Å². The molecule has 2 aromatic heterocycles. The van der Waals surface area contributed by atoms with Gasteiger partial charge in [-0.3, -0.25) is 9.78 Å². The second kappa shape index (κ2) is 5.71. The smallest absolute Gasteiger partial charge is 0.338 e. The van der Waals surface area contributed by atoms with Gasteiger partial charge in [-0.15, -0.1) is 0 Å². The molecule has 2 aromatic rings. The fourth-order valence-electron chi connectivity index (χ4n) is 1.43. The maximum absolute atomic E-state index is 11.8. The fraction of sp³-hybridized carbons (Fsp3) is 0.182. The molecule has 0 spiro atoms. The summed E-state index contributed by atoms with van der Waals surface area (Å²) in [5.74, 6) is -1.37. The zero-order chi connectivity index (χ0) is 13.7. The Balaban J connectivity index is 1.98. The Labute approximate surface area is 107 Å². The first-order chi connectivity index (χ1) is 9.18. The summed E-state index contributed by atoms with van der Waals surface area (Å²) in [5, 5.41) is 14.9. The van der Waals surface area contributed by atoms with Gasteiger partial charge in [0.25, 0.3) is 5.91 Å². The largest absolute Gasteiger partial charge is 0.478 e. The van der Waals surface area contributed by atoms with Gasteiger partial charge in [0.15, 0.2) is 6.33 Å². The minimum atomic E-state index is -1.20. The van der Waals surface area contributed by atoms with E-state index in [4.69, 9.17) is 9.63 Å². The molecular formula is C11H10N4O4. The number of carboxylic acid groups (broad SMARTS) is 1. The number of carbonyl (C=O) groups excluding carboxylic acids is 1. The standard InChI is InChI=1S/C11H10N4O4/c16-10(13-5-3-8-14-6-15-19-8)9-7(11(17)18)2-1-4-12-9/h1-2,4,6H,3,5H2,(H,13,16)(H,17,18). The number of pyridine rings is 1. The van der Waals surface area contributed by atoms with E-state index >= 15 is 0 Å². The minimum Gasteiger partial charge on any atom is -0.478 e. The molecule has 0 aliphatic rings. The van der Waals surface area contributed by atoms with E-state index in [0.717, 1.165) is 0 Å². The van der Waals surface area contributed by atoms with Crippen molar-refractivity contribution in [2.75, 3.05) is 6.54 Å². The Morgan fingerprint density at radius 2 is 2.21 bits per heavy atom. The monoisotopic (exact) mass is 262 g/mol. The lowest BCUT2D eigenvalue weighted by atomic mass is 10.2. The first-order valence-corrected chi connectivity index (χ1v) is 5.40. The minimum absolute atomic E-state index is 0.125. The van der Waals surface area contributed by atoms with Crippen molar-refractivity contribution in [3.8, 4) is 0 Å². The molecule has 0 fully saturated rings. The van der Waals surface area contributed by atoms with Gasteiger partial charge in [-0.1, -0.05) is 5.16 Å². The van der Waals surface area contributed by atoms with Gasteiger partial charge in [-0.2, -0.15) is 4.98 Å². The Bertz CT molecular complexity index is 582. The summed E-state index contributed by atoms with van der Waals surface area (Å²) in [6.07, 6.45) is 2.98. The molecule has 0 saturated carbocycles. The van der Waals surface area contributed by atoms with Gasteiger partial charge in [0.05, 0.1) is 5.56 Å². The lowest BCUT2D eigenvalue weighted by Crippen LogP contribution is -2.28. The summed E-state index contributed by atoms with van der Waals surface area (Å²) >= 11 is 0. The summed E-state index contributed by atoms with van der Waals surface area (Å²) < 4.78 is 4.76. The number of hydrogen-bond donors (Lipinski definition) is 2. The van der Waals surface area contributed by atoms with Crippen LogP contribution in [0.15, 0.2) is 29.2 Å². The van der Waals surface area contributed by atoms with Crippen LogP contribution in [0.25, 0.3) is 0 Å². The van der Waals surface area contributed by atoms with Crippen molar-refractivity contribution >= 4 is 11.9 Å². The lowest BCUT2D eigenvalue weighted by Gasteiger charge is -2.05. The van der Waals surface area contributed by atoms with Gasteiger partial charge in [0, 0.05) is 19.2 Å². The lowest BCUT2D eigenvalue weighted by molar-refractivity contribution is 0.0690. The summed E-state index contributed by atoms with van der Waals surface area (Å²) in [7, 11) is 0. The molecular weight excluding hydrogens is 252 g/mol. The van der Waals surface area contributed by atoms with E-state index in [2.05, 4.69) is 20.4 Å². The number of aromatic carboxylic acids is 1. The number of amides is 1. The molecule has 2 heterocycles. The molecule has 0 bridgehead atoms. The molecule has 0 saturated heterocycles.